The molecule has 0 saturated carbocycles. The van der Waals surface area contributed by atoms with Crippen LogP contribution < -0.4 is 16.0 Å². The van der Waals surface area contributed by atoms with Gasteiger partial charge in [-0.15, -0.1) is 11.6 Å². The van der Waals surface area contributed by atoms with Gasteiger partial charge in [-0.25, -0.2) is 19.9 Å². The normalized spacial score (nSPS) is 16.0. The first kappa shape index (κ1) is 67.7. The second kappa shape index (κ2) is 34.1. The summed E-state index contributed by atoms with van der Waals surface area (Å²) < 4.78 is 0. The molecule has 464 valence electrons. The monoisotopic (exact) mass is 1270 g/mol. The van der Waals surface area contributed by atoms with Gasteiger partial charge < -0.3 is 25.8 Å². The van der Waals surface area contributed by atoms with Crippen molar-refractivity contribution >= 4 is 91.4 Å². The Morgan fingerprint density at radius 3 is 1.33 bits per heavy atom. The minimum atomic E-state index is -0.172. The van der Waals surface area contributed by atoms with Crippen LogP contribution in [-0.2, 0) is 13.1 Å². The maximum absolute atomic E-state index is 6.35. The Bertz CT molecular complexity index is 3240. The lowest BCUT2D eigenvalue weighted by Crippen LogP contribution is -2.54. The number of hydrogen-bond acceptors (Lipinski definition) is 12. The van der Waals surface area contributed by atoms with Crippen LogP contribution in [0.3, 0.4) is 0 Å². The number of nitrogens with zero attached hydrogens (tertiary/aromatic N) is 9. The molecule has 2 saturated heterocycles. The molecule has 0 aliphatic carbocycles. The zero-order chi connectivity index (χ0) is 61.8. The van der Waals surface area contributed by atoms with Gasteiger partial charge in [0.25, 0.3) is 0 Å². The van der Waals surface area contributed by atoms with E-state index < -0.39 is 0 Å². The zero-order valence-corrected chi connectivity index (χ0v) is 55.8. The maximum atomic E-state index is 6.35. The van der Waals surface area contributed by atoms with E-state index in [1.807, 2.05) is 72.8 Å². The van der Waals surface area contributed by atoms with Crippen molar-refractivity contribution in [3.05, 3.63) is 200 Å². The van der Waals surface area contributed by atoms with Crippen LogP contribution in [0.1, 0.15) is 98.7 Å². The largest absolute Gasteiger partial charge is 0.369 e. The lowest BCUT2D eigenvalue weighted by molar-refractivity contribution is 0.0402. The van der Waals surface area contributed by atoms with Gasteiger partial charge >= 0.3 is 0 Å². The third kappa shape index (κ3) is 20.9. The van der Waals surface area contributed by atoms with Crippen molar-refractivity contribution in [3.8, 4) is 0 Å². The van der Waals surface area contributed by atoms with E-state index in [4.69, 9.17) is 77.9 Å². The van der Waals surface area contributed by atoms with Gasteiger partial charge in [-0.1, -0.05) is 147 Å². The van der Waals surface area contributed by atoms with Gasteiger partial charge in [0.1, 0.15) is 23.3 Å². The number of nitrogens with one attached hydrogen (secondary N) is 3. The Labute approximate surface area is 543 Å². The summed E-state index contributed by atoms with van der Waals surface area (Å²) in [6.07, 6.45) is 4.46. The van der Waals surface area contributed by atoms with E-state index in [1.165, 1.54) is 17.5 Å². The average Bonchev–Trinajstić information content (AvgIpc) is 1.65. The predicted octanol–water partition coefficient (Wildman–Crippen LogP) is 15.8. The fourth-order valence-electron chi connectivity index (χ4n) is 11.5. The van der Waals surface area contributed by atoms with Crippen molar-refractivity contribution < 1.29 is 0 Å². The molecule has 2 aliphatic rings. The molecule has 0 amide bonds. The van der Waals surface area contributed by atoms with E-state index in [1.54, 1.807) is 0 Å². The number of hydrogen-bond donors (Lipinski definition) is 3. The Hall–Kier alpha value is -5.19. The standard InChI is InChI=1S/C35H44Cl2N6.C22H36N6.C13H9Cl3/c1-25(2)22-30-23-43(34(26-10-14-28(36)15-11-26)27-12-16-29(37)17-13-27)21-20-42(30)24-33-39-32-9-6-5-8-31(32)35(40-33)38-18-7-19-41(3)4;1-17(2)14-18-15-23-11-13-28(18)16-21-25-20-9-6-5-8-19(20)22(26-21)24-10-7-12-27(3)4;14-11-5-1-9(2-6-11)13(16)10-3-7-12(15)8-4-10/h5-6,8-17,25,30,34H,7,18-24H2,1-4H3,(H,38,39,40);5-6,8-9,17-18,23H,7,10-16H2,1-4H3,(H,24,25,26);1-8,13H. The Balaban J connectivity index is 0.000000190. The van der Waals surface area contributed by atoms with Crippen LogP contribution in [0.25, 0.3) is 21.8 Å². The van der Waals surface area contributed by atoms with Crippen LogP contribution in [0, 0.1) is 11.8 Å². The van der Waals surface area contributed by atoms with Gasteiger partial charge in [0.05, 0.1) is 35.5 Å². The minimum absolute atomic E-state index is 0.126. The highest BCUT2D eigenvalue weighted by molar-refractivity contribution is 6.31. The number of rotatable bonds is 23. The SMILES string of the molecule is CC(C)CC1CN(C(c2ccc(Cl)cc2)c2ccc(Cl)cc2)CCN1Cc1nc(NCCCN(C)C)c2ccccc2n1.CC(C)CC1CNCCN1Cc1nc(NCCCN(C)C)c2ccccc2n1.Clc1ccc(C(Cl)c2ccc(Cl)cc2)cc1. The summed E-state index contributed by atoms with van der Waals surface area (Å²) >= 11 is 30.6. The molecular weight excluding hydrogens is 1190 g/mol. The summed E-state index contributed by atoms with van der Waals surface area (Å²) in [5, 5.41) is 15.6. The van der Waals surface area contributed by atoms with E-state index in [0.717, 1.165) is 164 Å². The van der Waals surface area contributed by atoms with Gasteiger partial charge in [-0.05, 0) is 174 Å². The summed E-state index contributed by atoms with van der Waals surface area (Å²) in [7, 11) is 8.44. The lowest BCUT2D eigenvalue weighted by atomic mass is 9.93. The Morgan fingerprint density at radius 1 is 0.506 bits per heavy atom. The third-order valence-corrected chi connectivity index (χ3v) is 17.3. The predicted molar refractivity (Wildman–Crippen MR) is 369 cm³/mol. The lowest BCUT2D eigenvalue weighted by Gasteiger charge is -2.45. The first-order chi connectivity index (χ1) is 42.0. The van der Waals surface area contributed by atoms with Crippen molar-refractivity contribution in [1.82, 2.24) is 49.8 Å². The van der Waals surface area contributed by atoms with Crippen LogP contribution in [0.4, 0.5) is 11.6 Å². The molecule has 3 N–H and O–H groups in total. The Morgan fingerprint density at radius 2 is 0.908 bits per heavy atom. The van der Waals surface area contributed by atoms with Gasteiger partial charge in [0.15, 0.2) is 0 Å². The third-order valence-electron chi connectivity index (χ3n) is 15.8. The van der Waals surface area contributed by atoms with Crippen LogP contribution in [-0.4, -0.2) is 150 Å². The molecule has 2 fully saturated rings. The molecule has 2 atom stereocenters. The van der Waals surface area contributed by atoms with Crippen molar-refractivity contribution in [3.63, 3.8) is 0 Å². The second-order valence-electron chi connectivity index (χ2n) is 24.4. The van der Waals surface area contributed by atoms with E-state index in [9.17, 15) is 0 Å². The minimum Gasteiger partial charge on any atom is -0.369 e. The van der Waals surface area contributed by atoms with E-state index in [-0.39, 0.29) is 11.4 Å². The van der Waals surface area contributed by atoms with Gasteiger partial charge in [-0.2, -0.15) is 0 Å². The van der Waals surface area contributed by atoms with Crippen LogP contribution in [0.5, 0.6) is 0 Å². The molecule has 8 aromatic rings. The topological polar surface area (TPSA) is 104 Å². The average molecular weight is 1280 g/mol. The number of anilines is 2. The molecule has 12 nitrogen and oxygen atoms in total. The number of fused-ring (bicyclic) bond motifs is 2. The highest BCUT2D eigenvalue weighted by Crippen LogP contribution is 2.35. The number of halogens is 5. The summed E-state index contributed by atoms with van der Waals surface area (Å²) in [6.45, 7) is 20.7. The van der Waals surface area contributed by atoms with Crippen LogP contribution in [0.2, 0.25) is 20.1 Å². The molecule has 2 aromatic heterocycles. The second-order valence-corrected chi connectivity index (χ2v) is 26.5. The van der Waals surface area contributed by atoms with Crippen LogP contribution in [0.15, 0.2) is 146 Å². The number of para-hydroxylation sites is 2. The quantitative estimate of drug-likeness (QED) is 0.0420. The van der Waals surface area contributed by atoms with Crippen LogP contribution >= 0.6 is 58.0 Å². The molecule has 6 aromatic carbocycles. The molecular formula is C70H89Cl5N12. The van der Waals surface area contributed by atoms with E-state index in [2.05, 4.69) is 169 Å². The smallest absolute Gasteiger partial charge is 0.145 e. The summed E-state index contributed by atoms with van der Waals surface area (Å²) in [4.78, 5) is 32.1. The highest BCUT2D eigenvalue weighted by atomic mass is 35.5. The molecule has 2 unspecified atom stereocenters. The van der Waals surface area contributed by atoms with E-state index in [0.29, 0.717) is 34.0 Å². The molecule has 4 heterocycles. The number of aromatic nitrogens is 4. The summed E-state index contributed by atoms with van der Waals surface area (Å²) in [6, 6.07) is 49.3. The number of piperazine rings is 2. The number of benzene rings is 6. The van der Waals surface area contributed by atoms with Crippen molar-refractivity contribution in [1.29, 1.82) is 0 Å². The fraction of sp³-hybridized carbons (Fsp3) is 0.429. The van der Waals surface area contributed by atoms with Crippen molar-refractivity contribution in [2.75, 3.05) is 104 Å². The van der Waals surface area contributed by atoms with Gasteiger partial charge in [0.2, 0.25) is 0 Å². The Kier molecular flexibility index (Phi) is 26.6. The molecule has 87 heavy (non-hydrogen) atoms. The zero-order valence-electron chi connectivity index (χ0n) is 52.0. The van der Waals surface area contributed by atoms with Gasteiger partial charge in [-0.3, -0.25) is 14.7 Å². The number of alkyl halides is 1. The molecule has 0 spiro atoms. The van der Waals surface area contributed by atoms with Gasteiger partial charge in [0, 0.05) is 95.3 Å². The summed E-state index contributed by atoms with van der Waals surface area (Å²) in [5.74, 6) is 4.97. The summed E-state index contributed by atoms with van der Waals surface area (Å²) in [5.41, 5.74) is 6.55. The molecule has 17 heteroatoms. The molecule has 0 bridgehead atoms. The maximum Gasteiger partial charge on any atom is 0.145 e. The molecule has 10 rings (SSSR count). The molecule has 0 radical (unpaired) electrons. The molecule has 2 aliphatic heterocycles. The highest BCUT2D eigenvalue weighted by Gasteiger charge is 2.34. The van der Waals surface area contributed by atoms with Crippen molar-refractivity contribution in [2.24, 2.45) is 11.8 Å². The first-order valence-electron chi connectivity index (χ1n) is 30.8. The first-order valence-corrected chi connectivity index (χ1v) is 32.8. The van der Waals surface area contributed by atoms with E-state index >= 15 is 0 Å². The fourth-order valence-corrected chi connectivity index (χ4v) is 12.3. The van der Waals surface area contributed by atoms with Crippen molar-refractivity contribution in [2.45, 2.75) is 90.0 Å².